The van der Waals surface area contributed by atoms with Gasteiger partial charge in [-0.05, 0) is 44.0 Å². The highest BCUT2D eigenvalue weighted by atomic mass is 16.6. The highest BCUT2D eigenvalue weighted by Gasteiger charge is 2.28. The molecular weight excluding hydrogens is 448 g/mol. The number of anilines is 1. The molecule has 5 rings (SSSR count). The average molecular weight is 477 g/mol. The van der Waals surface area contributed by atoms with Gasteiger partial charge in [0.15, 0.2) is 11.5 Å². The number of nitrogens with one attached hydrogen (secondary N) is 1. The predicted octanol–water partition coefficient (Wildman–Crippen LogP) is 2.92. The van der Waals surface area contributed by atoms with Crippen LogP contribution in [0.3, 0.4) is 0 Å². The van der Waals surface area contributed by atoms with Crippen LogP contribution in [0.1, 0.15) is 38.1 Å². The number of likely N-dealkylation sites (N-methyl/N-ethyl adjacent to an activating group) is 1. The van der Waals surface area contributed by atoms with Crippen molar-refractivity contribution >= 4 is 28.4 Å². The fraction of sp³-hybridized carbons (Fsp3) is 0.385. The van der Waals surface area contributed by atoms with E-state index in [9.17, 15) is 14.4 Å². The molecule has 9 nitrogen and oxygen atoms in total. The lowest BCUT2D eigenvalue weighted by atomic mass is 10.2. The molecule has 1 N–H and O–H groups in total. The van der Waals surface area contributed by atoms with Crippen molar-refractivity contribution in [2.45, 2.75) is 38.6 Å². The van der Waals surface area contributed by atoms with E-state index < -0.39 is 0 Å². The minimum Gasteiger partial charge on any atom is -0.486 e. The van der Waals surface area contributed by atoms with Crippen LogP contribution in [0.15, 0.2) is 47.3 Å². The largest absolute Gasteiger partial charge is 0.486 e. The number of amides is 2. The van der Waals surface area contributed by atoms with Crippen LogP contribution in [0.25, 0.3) is 10.9 Å². The van der Waals surface area contributed by atoms with Gasteiger partial charge in [0.25, 0.3) is 5.56 Å². The quantitative estimate of drug-likeness (QED) is 0.536. The van der Waals surface area contributed by atoms with Gasteiger partial charge in [-0.15, -0.1) is 0 Å². The fourth-order valence-corrected chi connectivity index (χ4v) is 4.33. The van der Waals surface area contributed by atoms with E-state index in [1.54, 1.807) is 28.8 Å². The van der Waals surface area contributed by atoms with E-state index in [2.05, 4.69) is 5.32 Å². The third-order valence-electron chi connectivity index (χ3n) is 6.25. The van der Waals surface area contributed by atoms with Crippen molar-refractivity contribution in [2.75, 3.05) is 31.6 Å². The number of hydrogen-bond acceptors (Lipinski definition) is 6. The second-order valence-corrected chi connectivity index (χ2v) is 8.77. The SMILES string of the molecule is CCN(CC(=O)Nc1ccc2c(c1)OCCO2)C(=O)CCc1nc2ccccc2c(=O)n1C1CC1. The van der Waals surface area contributed by atoms with Gasteiger partial charge in [-0.25, -0.2) is 4.98 Å². The topological polar surface area (TPSA) is 103 Å². The molecule has 1 aliphatic heterocycles. The summed E-state index contributed by atoms with van der Waals surface area (Å²) in [6.07, 6.45) is 2.41. The maximum absolute atomic E-state index is 13.0. The number of aromatic nitrogens is 2. The Balaban J connectivity index is 1.24. The lowest BCUT2D eigenvalue weighted by molar-refractivity contribution is -0.134. The van der Waals surface area contributed by atoms with Gasteiger partial charge >= 0.3 is 0 Å². The molecule has 2 heterocycles. The standard InChI is InChI=1S/C26H28N4O5/c1-2-29(16-24(31)27-17-7-10-21-22(15-17)35-14-13-34-21)25(32)12-11-23-28-20-6-4-3-5-19(20)26(33)30(23)18-8-9-18/h3-7,10,15,18H,2,8-9,11-14,16H2,1H3,(H,27,31). The Morgan fingerprint density at radius 3 is 2.66 bits per heavy atom. The summed E-state index contributed by atoms with van der Waals surface area (Å²) in [7, 11) is 0. The molecule has 3 aromatic rings. The molecule has 1 fully saturated rings. The molecule has 2 aromatic carbocycles. The second kappa shape index (κ2) is 9.77. The Labute approximate surface area is 202 Å². The first kappa shape index (κ1) is 22.9. The van der Waals surface area contributed by atoms with Crippen LogP contribution in [0.2, 0.25) is 0 Å². The second-order valence-electron chi connectivity index (χ2n) is 8.77. The number of nitrogens with zero attached hydrogens (tertiary/aromatic N) is 3. The van der Waals surface area contributed by atoms with Crippen LogP contribution < -0.4 is 20.3 Å². The maximum Gasteiger partial charge on any atom is 0.261 e. The zero-order chi connectivity index (χ0) is 24.4. The normalized spacial score (nSPS) is 14.5. The zero-order valence-corrected chi connectivity index (χ0v) is 19.7. The third-order valence-corrected chi connectivity index (χ3v) is 6.25. The van der Waals surface area contributed by atoms with E-state index in [0.29, 0.717) is 60.1 Å². The highest BCUT2D eigenvalue weighted by molar-refractivity contribution is 5.94. The molecule has 2 aliphatic rings. The summed E-state index contributed by atoms with van der Waals surface area (Å²) in [4.78, 5) is 44.8. The van der Waals surface area contributed by atoms with Crippen LogP contribution in [-0.2, 0) is 16.0 Å². The molecule has 0 radical (unpaired) electrons. The number of fused-ring (bicyclic) bond motifs is 2. The number of aryl methyl sites for hydroxylation is 1. The van der Waals surface area contributed by atoms with Gasteiger partial charge in [-0.1, -0.05) is 12.1 Å². The van der Waals surface area contributed by atoms with Crippen LogP contribution in [0.5, 0.6) is 11.5 Å². The number of carbonyl (C=O) groups excluding carboxylic acids is 2. The number of carbonyl (C=O) groups is 2. The lowest BCUT2D eigenvalue weighted by Gasteiger charge is -2.22. The van der Waals surface area contributed by atoms with Gasteiger partial charge in [0.2, 0.25) is 11.8 Å². The average Bonchev–Trinajstić information content (AvgIpc) is 3.71. The molecule has 1 aliphatic carbocycles. The van der Waals surface area contributed by atoms with Crippen molar-refractivity contribution < 1.29 is 19.1 Å². The molecule has 2 amide bonds. The number of hydrogen-bond donors (Lipinski definition) is 1. The molecule has 1 aromatic heterocycles. The summed E-state index contributed by atoms with van der Waals surface area (Å²) in [5.74, 6) is 1.40. The minimum atomic E-state index is -0.296. The van der Waals surface area contributed by atoms with Crippen molar-refractivity contribution in [1.29, 1.82) is 0 Å². The Morgan fingerprint density at radius 2 is 1.89 bits per heavy atom. The summed E-state index contributed by atoms with van der Waals surface area (Å²) < 4.78 is 12.8. The summed E-state index contributed by atoms with van der Waals surface area (Å²) in [6.45, 7) is 3.13. The van der Waals surface area contributed by atoms with Crippen molar-refractivity contribution in [2.24, 2.45) is 0 Å². The van der Waals surface area contributed by atoms with Gasteiger partial charge in [0.1, 0.15) is 19.0 Å². The smallest absolute Gasteiger partial charge is 0.261 e. The van der Waals surface area contributed by atoms with Crippen molar-refractivity contribution in [3.8, 4) is 11.5 Å². The van der Waals surface area contributed by atoms with Gasteiger partial charge in [-0.2, -0.15) is 0 Å². The van der Waals surface area contributed by atoms with E-state index in [1.807, 2.05) is 25.1 Å². The predicted molar refractivity (Wildman–Crippen MR) is 131 cm³/mol. The first-order valence-electron chi connectivity index (χ1n) is 12.0. The number of rotatable bonds is 8. The first-order chi connectivity index (χ1) is 17.0. The molecule has 0 saturated heterocycles. The highest BCUT2D eigenvalue weighted by Crippen LogP contribution is 2.35. The van der Waals surface area contributed by atoms with Gasteiger partial charge < -0.3 is 19.7 Å². The lowest BCUT2D eigenvalue weighted by Crippen LogP contribution is -2.38. The van der Waals surface area contributed by atoms with Crippen LogP contribution >= 0.6 is 0 Å². The summed E-state index contributed by atoms with van der Waals surface area (Å²) in [6, 6.07) is 12.7. The Morgan fingerprint density at radius 1 is 1.11 bits per heavy atom. The van der Waals surface area contributed by atoms with Gasteiger partial charge in [-0.3, -0.25) is 19.0 Å². The van der Waals surface area contributed by atoms with Crippen molar-refractivity contribution in [3.63, 3.8) is 0 Å². The first-order valence-corrected chi connectivity index (χ1v) is 12.0. The Kier molecular flexibility index (Phi) is 6.39. The molecule has 35 heavy (non-hydrogen) atoms. The minimum absolute atomic E-state index is 0.0493. The molecule has 182 valence electrons. The molecule has 1 saturated carbocycles. The summed E-state index contributed by atoms with van der Waals surface area (Å²) >= 11 is 0. The Hall–Kier alpha value is -3.88. The number of para-hydroxylation sites is 1. The van der Waals surface area contributed by atoms with Gasteiger partial charge in [0, 0.05) is 37.2 Å². The van der Waals surface area contributed by atoms with Crippen molar-refractivity contribution in [3.05, 3.63) is 58.6 Å². The molecule has 0 atom stereocenters. The Bertz CT molecular complexity index is 1330. The maximum atomic E-state index is 13.0. The van der Waals surface area contributed by atoms with E-state index in [4.69, 9.17) is 14.5 Å². The van der Waals surface area contributed by atoms with Crippen molar-refractivity contribution in [1.82, 2.24) is 14.5 Å². The molecular formula is C26H28N4O5. The zero-order valence-electron chi connectivity index (χ0n) is 19.7. The van der Waals surface area contributed by atoms with E-state index in [1.165, 1.54) is 4.90 Å². The molecule has 9 heteroatoms. The number of ether oxygens (including phenoxy) is 2. The van der Waals surface area contributed by atoms with E-state index >= 15 is 0 Å². The van der Waals surface area contributed by atoms with E-state index in [-0.39, 0.29) is 36.4 Å². The third kappa shape index (κ3) is 4.99. The molecule has 0 spiro atoms. The summed E-state index contributed by atoms with van der Waals surface area (Å²) in [5, 5.41) is 3.42. The van der Waals surface area contributed by atoms with E-state index in [0.717, 1.165) is 12.8 Å². The monoisotopic (exact) mass is 476 g/mol. The molecule has 0 unspecified atom stereocenters. The van der Waals surface area contributed by atoms with Gasteiger partial charge in [0.05, 0.1) is 17.4 Å². The summed E-state index contributed by atoms with van der Waals surface area (Å²) in [5.41, 5.74) is 1.17. The molecule has 0 bridgehead atoms. The number of benzene rings is 2. The van der Waals surface area contributed by atoms with Crippen LogP contribution in [-0.4, -0.2) is 52.6 Å². The fourth-order valence-electron chi connectivity index (χ4n) is 4.33. The van der Waals surface area contributed by atoms with Crippen LogP contribution in [0.4, 0.5) is 5.69 Å². The van der Waals surface area contributed by atoms with Crippen LogP contribution in [0, 0.1) is 0 Å².